The van der Waals surface area contributed by atoms with E-state index in [0.29, 0.717) is 16.5 Å². The second-order valence-electron chi connectivity index (χ2n) is 2.25. The first kappa shape index (κ1) is 9.36. The number of benzene rings is 1. The highest BCUT2D eigenvalue weighted by atomic mass is 35.5. The van der Waals surface area contributed by atoms with Crippen LogP contribution in [0.25, 0.3) is 0 Å². The van der Waals surface area contributed by atoms with Gasteiger partial charge in [0.1, 0.15) is 0 Å². The first-order valence-corrected chi connectivity index (χ1v) is 4.09. The van der Waals surface area contributed by atoms with Gasteiger partial charge in [-0.1, -0.05) is 29.3 Å². The largest absolute Gasteiger partial charge is 0.411 e. The van der Waals surface area contributed by atoms with E-state index in [1.165, 1.54) is 6.21 Å². The molecule has 0 radical (unpaired) electrons. The number of oxime groups is 1. The van der Waals surface area contributed by atoms with Crippen molar-refractivity contribution in [1.29, 1.82) is 0 Å². The summed E-state index contributed by atoms with van der Waals surface area (Å²) in [5.41, 5.74) is 0.960. The highest BCUT2D eigenvalue weighted by molar-refractivity contribution is 6.42. The van der Waals surface area contributed by atoms with Crippen LogP contribution in [0.3, 0.4) is 0 Å². The minimum atomic E-state index is 0.514. The van der Waals surface area contributed by atoms with Gasteiger partial charge in [-0.2, -0.15) is 0 Å². The highest BCUT2D eigenvalue weighted by Crippen LogP contribution is 2.22. The number of halogens is 2. The van der Waals surface area contributed by atoms with Crippen LogP contribution < -0.4 is 0 Å². The molecule has 4 heteroatoms. The van der Waals surface area contributed by atoms with Crippen molar-refractivity contribution in [3.05, 3.63) is 33.8 Å². The fourth-order valence-corrected chi connectivity index (χ4v) is 1.13. The predicted molar refractivity (Wildman–Crippen MR) is 50.4 cm³/mol. The van der Waals surface area contributed by atoms with Gasteiger partial charge in [0.25, 0.3) is 0 Å². The summed E-state index contributed by atoms with van der Waals surface area (Å²) in [6.45, 7) is 0. The molecular formula is C8H7Cl2NO. The average Bonchev–Trinajstić information content (AvgIpc) is 2.07. The second-order valence-corrected chi connectivity index (χ2v) is 3.07. The van der Waals surface area contributed by atoms with Crippen molar-refractivity contribution >= 4 is 29.4 Å². The van der Waals surface area contributed by atoms with E-state index in [2.05, 4.69) is 5.16 Å². The van der Waals surface area contributed by atoms with E-state index in [9.17, 15) is 0 Å². The van der Waals surface area contributed by atoms with Crippen LogP contribution in [0.15, 0.2) is 23.4 Å². The molecule has 0 aliphatic heterocycles. The van der Waals surface area contributed by atoms with Gasteiger partial charge in [0.15, 0.2) is 0 Å². The van der Waals surface area contributed by atoms with Crippen LogP contribution in [-0.4, -0.2) is 11.4 Å². The van der Waals surface area contributed by atoms with Crippen molar-refractivity contribution in [2.24, 2.45) is 5.16 Å². The Bertz CT molecular complexity index is 299. The van der Waals surface area contributed by atoms with Crippen molar-refractivity contribution in [3.8, 4) is 0 Å². The quantitative estimate of drug-likeness (QED) is 0.448. The average molecular weight is 204 g/mol. The summed E-state index contributed by atoms with van der Waals surface area (Å²) in [6.07, 6.45) is 1.94. The van der Waals surface area contributed by atoms with Crippen molar-refractivity contribution in [3.63, 3.8) is 0 Å². The van der Waals surface area contributed by atoms with E-state index in [1.54, 1.807) is 12.1 Å². The zero-order valence-corrected chi connectivity index (χ0v) is 7.68. The van der Waals surface area contributed by atoms with Crippen LogP contribution in [-0.2, 0) is 6.42 Å². The molecule has 0 unspecified atom stereocenters. The number of hydrogen-bond donors (Lipinski definition) is 1. The molecule has 0 atom stereocenters. The van der Waals surface area contributed by atoms with Crippen LogP contribution in [0.2, 0.25) is 10.0 Å². The summed E-state index contributed by atoms with van der Waals surface area (Å²) in [6, 6.07) is 5.28. The summed E-state index contributed by atoms with van der Waals surface area (Å²) in [5, 5.41) is 12.1. The molecule has 12 heavy (non-hydrogen) atoms. The molecule has 0 aliphatic carbocycles. The van der Waals surface area contributed by atoms with Crippen molar-refractivity contribution < 1.29 is 5.21 Å². The maximum Gasteiger partial charge on any atom is 0.0595 e. The molecule has 0 saturated carbocycles. The van der Waals surface area contributed by atoms with Crippen molar-refractivity contribution in [1.82, 2.24) is 0 Å². The van der Waals surface area contributed by atoms with Crippen molar-refractivity contribution in [2.45, 2.75) is 6.42 Å². The molecule has 1 aromatic rings. The van der Waals surface area contributed by atoms with Gasteiger partial charge in [0.05, 0.1) is 10.0 Å². The van der Waals surface area contributed by atoms with Crippen LogP contribution >= 0.6 is 23.2 Å². The fourth-order valence-electron chi connectivity index (χ4n) is 0.813. The third kappa shape index (κ3) is 2.40. The minimum absolute atomic E-state index is 0.514. The maximum atomic E-state index is 8.16. The molecule has 0 aliphatic rings. The zero-order chi connectivity index (χ0) is 8.97. The van der Waals surface area contributed by atoms with Crippen LogP contribution in [0.1, 0.15) is 5.56 Å². The monoisotopic (exact) mass is 203 g/mol. The van der Waals surface area contributed by atoms with E-state index in [-0.39, 0.29) is 0 Å². The normalized spacial score (nSPS) is 10.8. The standard InChI is InChI=1S/C8H7Cl2NO/c9-7-2-1-6(3-4-11-12)5-8(7)10/h1-2,4-5,12H,3H2/b11-4-. The maximum absolute atomic E-state index is 8.16. The van der Waals surface area contributed by atoms with Gasteiger partial charge < -0.3 is 5.21 Å². The molecule has 2 nitrogen and oxygen atoms in total. The predicted octanol–water partition coefficient (Wildman–Crippen LogP) is 3.00. The lowest BCUT2D eigenvalue weighted by molar-refractivity contribution is 0.321. The molecule has 0 bridgehead atoms. The van der Waals surface area contributed by atoms with E-state index in [1.807, 2.05) is 6.07 Å². The lowest BCUT2D eigenvalue weighted by Gasteiger charge is -1.98. The van der Waals surface area contributed by atoms with Crippen LogP contribution in [0.4, 0.5) is 0 Å². The Morgan fingerprint density at radius 2 is 2.08 bits per heavy atom. The van der Waals surface area contributed by atoms with Gasteiger partial charge in [0.2, 0.25) is 0 Å². The first-order chi connectivity index (χ1) is 5.74. The van der Waals surface area contributed by atoms with Crippen LogP contribution in [0, 0.1) is 0 Å². The third-order valence-corrected chi connectivity index (χ3v) is 2.13. The highest BCUT2D eigenvalue weighted by Gasteiger charge is 1.97. The summed E-state index contributed by atoms with van der Waals surface area (Å²) >= 11 is 11.5. The Balaban J connectivity index is 2.82. The van der Waals surface area contributed by atoms with Gasteiger partial charge in [-0.15, -0.1) is 5.16 Å². The number of hydrogen-bond acceptors (Lipinski definition) is 2. The molecule has 0 aromatic heterocycles. The van der Waals surface area contributed by atoms with Gasteiger partial charge in [-0.05, 0) is 17.7 Å². The molecule has 64 valence electrons. The third-order valence-electron chi connectivity index (χ3n) is 1.39. The van der Waals surface area contributed by atoms with E-state index >= 15 is 0 Å². The summed E-state index contributed by atoms with van der Waals surface area (Å²) in [4.78, 5) is 0. The lowest BCUT2D eigenvalue weighted by Crippen LogP contribution is -1.85. The molecule has 0 heterocycles. The SMILES string of the molecule is O/N=C\Cc1ccc(Cl)c(Cl)c1. The van der Waals surface area contributed by atoms with E-state index in [0.717, 1.165) is 5.56 Å². The van der Waals surface area contributed by atoms with Gasteiger partial charge in [-0.3, -0.25) is 0 Å². The second kappa shape index (κ2) is 4.33. The Morgan fingerprint density at radius 3 is 2.67 bits per heavy atom. The molecule has 0 saturated heterocycles. The Morgan fingerprint density at radius 1 is 1.33 bits per heavy atom. The molecule has 0 fully saturated rings. The van der Waals surface area contributed by atoms with E-state index in [4.69, 9.17) is 28.4 Å². The van der Waals surface area contributed by atoms with Crippen LogP contribution in [0.5, 0.6) is 0 Å². The smallest absolute Gasteiger partial charge is 0.0595 e. The lowest BCUT2D eigenvalue weighted by atomic mass is 10.2. The number of nitrogens with zero attached hydrogens (tertiary/aromatic N) is 1. The van der Waals surface area contributed by atoms with Crippen molar-refractivity contribution in [2.75, 3.05) is 0 Å². The Kier molecular flexibility index (Phi) is 3.38. The minimum Gasteiger partial charge on any atom is -0.411 e. The Hall–Kier alpha value is -0.730. The fraction of sp³-hybridized carbons (Fsp3) is 0.125. The number of rotatable bonds is 2. The molecular weight excluding hydrogens is 197 g/mol. The topological polar surface area (TPSA) is 32.6 Å². The summed E-state index contributed by atoms with van der Waals surface area (Å²) in [5.74, 6) is 0. The summed E-state index contributed by atoms with van der Waals surface area (Å²) < 4.78 is 0. The van der Waals surface area contributed by atoms with Gasteiger partial charge >= 0.3 is 0 Å². The first-order valence-electron chi connectivity index (χ1n) is 3.34. The summed E-state index contributed by atoms with van der Waals surface area (Å²) in [7, 11) is 0. The molecule has 1 rings (SSSR count). The van der Waals surface area contributed by atoms with E-state index < -0.39 is 0 Å². The molecule has 0 amide bonds. The molecule has 1 N–H and O–H groups in total. The Labute approximate surface area is 80.4 Å². The molecule has 0 spiro atoms. The van der Waals surface area contributed by atoms with Gasteiger partial charge in [0, 0.05) is 12.6 Å². The van der Waals surface area contributed by atoms with Gasteiger partial charge in [-0.25, -0.2) is 0 Å². The molecule has 1 aromatic carbocycles. The zero-order valence-electron chi connectivity index (χ0n) is 6.17.